The van der Waals surface area contributed by atoms with E-state index in [0.29, 0.717) is 11.4 Å². The van der Waals surface area contributed by atoms with Crippen LogP contribution in [0.25, 0.3) is 0 Å². The van der Waals surface area contributed by atoms with E-state index in [9.17, 15) is 13.2 Å². The number of nitrogens with zero attached hydrogens (tertiary/aromatic N) is 1. The Morgan fingerprint density at radius 2 is 1.56 bits per heavy atom. The lowest BCUT2D eigenvalue weighted by Crippen LogP contribution is -2.21. The van der Waals surface area contributed by atoms with Crippen molar-refractivity contribution in [1.29, 1.82) is 0 Å². The zero-order valence-corrected chi connectivity index (χ0v) is 17.8. The summed E-state index contributed by atoms with van der Waals surface area (Å²) in [6.45, 7) is 0. The summed E-state index contributed by atoms with van der Waals surface area (Å²) in [5, 5.41) is 2.75. The van der Waals surface area contributed by atoms with E-state index in [2.05, 4.69) is 37.4 Å². The number of anilines is 2. The maximum absolute atomic E-state index is 12.8. The third-order valence-corrected chi connectivity index (χ3v) is 7.23. The SMILES string of the molecule is O=C(Nc1ccc(Br)cc1)c1cccc(S(=O)(=O)N(Br)c2ccccc2)c1. The van der Waals surface area contributed by atoms with Crippen LogP contribution in [0.5, 0.6) is 0 Å². The van der Waals surface area contributed by atoms with E-state index >= 15 is 0 Å². The fraction of sp³-hybridized carbons (Fsp3) is 0. The summed E-state index contributed by atoms with van der Waals surface area (Å²) < 4.78 is 27.6. The molecule has 0 spiro atoms. The van der Waals surface area contributed by atoms with Crippen molar-refractivity contribution in [2.75, 3.05) is 8.65 Å². The van der Waals surface area contributed by atoms with Gasteiger partial charge in [-0.15, -0.1) is 0 Å². The molecule has 3 aromatic rings. The molecule has 0 bridgehead atoms. The molecule has 0 aliphatic rings. The summed E-state index contributed by atoms with van der Waals surface area (Å²) in [4.78, 5) is 12.5. The van der Waals surface area contributed by atoms with E-state index in [1.165, 1.54) is 18.2 Å². The first-order chi connectivity index (χ1) is 12.9. The van der Waals surface area contributed by atoms with Gasteiger partial charge in [-0.05, 0) is 54.6 Å². The summed E-state index contributed by atoms with van der Waals surface area (Å²) in [6.07, 6.45) is 0. The number of amides is 1. The number of carbonyl (C=O) groups is 1. The van der Waals surface area contributed by atoms with Gasteiger partial charge in [0.05, 0.1) is 26.7 Å². The molecule has 0 saturated carbocycles. The van der Waals surface area contributed by atoms with Crippen molar-refractivity contribution in [2.45, 2.75) is 4.90 Å². The van der Waals surface area contributed by atoms with Crippen LogP contribution in [0.3, 0.4) is 0 Å². The van der Waals surface area contributed by atoms with E-state index in [1.807, 2.05) is 0 Å². The number of rotatable bonds is 5. The van der Waals surface area contributed by atoms with Crippen LogP contribution < -0.4 is 8.65 Å². The van der Waals surface area contributed by atoms with Crippen LogP contribution in [0.2, 0.25) is 0 Å². The summed E-state index contributed by atoms with van der Waals surface area (Å²) in [5.74, 6) is -0.393. The highest BCUT2D eigenvalue weighted by Crippen LogP contribution is 2.27. The van der Waals surface area contributed by atoms with E-state index in [1.54, 1.807) is 60.7 Å². The Morgan fingerprint density at radius 3 is 2.22 bits per heavy atom. The molecule has 27 heavy (non-hydrogen) atoms. The number of para-hydroxylation sites is 1. The van der Waals surface area contributed by atoms with Gasteiger partial charge in [-0.2, -0.15) is 3.33 Å². The Hall–Kier alpha value is -2.16. The number of halogens is 2. The standard InChI is InChI=1S/C19H14Br2N2O3S/c20-15-9-11-16(12-10-15)22-19(24)14-5-4-8-18(13-14)27(25,26)23(21)17-6-2-1-3-7-17/h1-13H,(H,22,24). The summed E-state index contributed by atoms with van der Waals surface area (Å²) in [5.41, 5.74) is 1.32. The summed E-state index contributed by atoms with van der Waals surface area (Å²) in [7, 11) is -3.86. The van der Waals surface area contributed by atoms with Crippen molar-refractivity contribution in [3.8, 4) is 0 Å². The predicted molar refractivity (Wildman–Crippen MR) is 114 cm³/mol. The molecular formula is C19H14Br2N2O3S. The van der Waals surface area contributed by atoms with Crippen LogP contribution in [-0.4, -0.2) is 14.3 Å². The minimum Gasteiger partial charge on any atom is -0.322 e. The van der Waals surface area contributed by atoms with Gasteiger partial charge in [-0.3, -0.25) is 4.79 Å². The Morgan fingerprint density at radius 1 is 0.889 bits per heavy atom. The molecule has 3 rings (SSSR count). The van der Waals surface area contributed by atoms with Gasteiger partial charge in [0, 0.05) is 15.7 Å². The fourth-order valence-corrected chi connectivity index (χ4v) is 4.42. The molecule has 0 atom stereocenters. The molecule has 0 aliphatic heterocycles. The van der Waals surface area contributed by atoms with Gasteiger partial charge in [0.2, 0.25) is 0 Å². The van der Waals surface area contributed by atoms with Gasteiger partial charge >= 0.3 is 0 Å². The monoisotopic (exact) mass is 508 g/mol. The number of benzene rings is 3. The molecule has 1 amide bonds. The van der Waals surface area contributed by atoms with Crippen LogP contribution >= 0.6 is 32.1 Å². The number of nitrogens with one attached hydrogen (secondary N) is 1. The minimum absolute atomic E-state index is 0.00619. The first-order valence-electron chi connectivity index (χ1n) is 7.81. The minimum atomic E-state index is -3.86. The van der Waals surface area contributed by atoms with Gasteiger partial charge in [0.25, 0.3) is 15.9 Å². The first-order valence-corrected chi connectivity index (χ1v) is 10.8. The quantitative estimate of drug-likeness (QED) is 0.480. The second-order valence-electron chi connectivity index (χ2n) is 5.54. The van der Waals surface area contributed by atoms with Gasteiger partial charge < -0.3 is 5.32 Å². The van der Waals surface area contributed by atoms with Crippen molar-refractivity contribution >= 4 is 59.4 Å². The first kappa shape index (κ1) is 19.6. The van der Waals surface area contributed by atoms with E-state index < -0.39 is 15.9 Å². The molecule has 0 heterocycles. The lowest BCUT2D eigenvalue weighted by atomic mass is 10.2. The predicted octanol–water partition coefficient (Wildman–Crippen LogP) is 5.21. The largest absolute Gasteiger partial charge is 0.322 e. The number of sulfonamides is 1. The van der Waals surface area contributed by atoms with Crippen LogP contribution in [0, 0.1) is 0 Å². The van der Waals surface area contributed by atoms with Crippen LogP contribution in [0.1, 0.15) is 10.4 Å². The molecule has 1 N–H and O–H groups in total. The lowest BCUT2D eigenvalue weighted by Gasteiger charge is -2.17. The van der Waals surface area contributed by atoms with Crippen molar-refractivity contribution in [2.24, 2.45) is 0 Å². The zero-order valence-electron chi connectivity index (χ0n) is 13.8. The Kier molecular flexibility index (Phi) is 5.98. The number of carbonyl (C=O) groups excluding carboxylic acids is 1. The maximum atomic E-state index is 12.8. The highest BCUT2D eigenvalue weighted by molar-refractivity contribution is 9.11. The molecule has 0 aromatic heterocycles. The molecule has 0 aliphatic carbocycles. The third kappa shape index (κ3) is 4.58. The van der Waals surface area contributed by atoms with Crippen molar-refractivity contribution in [1.82, 2.24) is 0 Å². The van der Waals surface area contributed by atoms with Crippen molar-refractivity contribution in [3.05, 3.63) is 88.9 Å². The number of hydrogen-bond donors (Lipinski definition) is 1. The van der Waals surface area contributed by atoms with Crippen molar-refractivity contribution < 1.29 is 13.2 Å². The summed E-state index contributed by atoms with van der Waals surface area (Å²) >= 11 is 6.44. The maximum Gasteiger partial charge on any atom is 0.273 e. The molecule has 0 unspecified atom stereocenters. The molecule has 3 aromatic carbocycles. The molecule has 0 fully saturated rings. The smallest absolute Gasteiger partial charge is 0.273 e. The topological polar surface area (TPSA) is 66.5 Å². The fourth-order valence-electron chi connectivity index (χ4n) is 2.31. The van der Waals surface area contributed by atoms with E-state index in [-0.39, 0.29) is 10.5 Å². The number of hydrogen-bond acceptors (Lipinski definition) is 3. The van der Waals surface area contributed by atoms with Gasteiger partial charge in [0.15, 0.2) is 0 Å². The molecule has 5 nitrogen and oxygen atoms in total. The van der Waals surface area contributed by atoms with Crippen molar-refractivity contribution in [3.63, 3.8) is 0 Å². The third-order valence-electron chi connectivity index (χ3n) is 3.67. The Bertz CT molecular complexity index is 1060. The van der Waals surface area contributed by atoms with Crippen LogP contribution in [0.15, 0.2) is 88.2 Å². The average molecular weight is 510 g/mol. The average Bonchev–Trinajstić information content (AvgIpc) is 2.70. The highest BCUT2D eigenvalue weighted by atomic mass is 79.9. The van der Waals surface area contributed by atoms with Crippen LogP contribution in [0.4, 0.5) is 11.4 Å². The highest BCUT2D eigenvalue weighted by Gasteiger charge is 2.24. The molecule has 8 heteroatoms. The molecule has 138 valence electrons. The molecule has 0 radical (unpaired) electrons. The normalized spacial score (nSPS) is 11.0. The van der Waals surface area contributed by atoms with Gasteiger partial charge in [0.1, 0.15) is 0 Å². The van der Waals surface area contributed by atoms with E-state index in [4.69, 9.17) is 0 Å². The molecular weight excluding hydrogens is 496 g/mol. The van der Waals surface area contributed by atoms with Gasteiger partial charge in [-0.25, -0.2) is 8.42 Å². The van der Waals surface area contributed by atoms with Gasteiger partial charge in [-0.1, -0.05) is 40.2 Å². The Labute approximate surface area is 174 Å². The molecule has 0 saturated heterocycles. The van der Waals surface area contributed by atoms with E-state index in [0.717, 1.165) is 7.80 Å². The van der Waals surface area contributed by atoms with Crippen LogP contribution in [-0.2, 0) is 10.0 Å². The Balaban J connectivity index is 1.86. The second-order valence-corrected chi connectivity index (χ2v) is 9.43. The summed E-state index contributed by atoms with van der Waals surface area (Å²) in [6, 6.07) is 21.6. The zero-order chi connectivity index (χ0) is 19.4. The second kappa shape index (κ2) is 8.24. The lowest BCUT2D eigenvalue weighted by molar-refractivity contribution is 0.102.